The number of aliphatic hydroxyl groups is 2. The first kappa shape index (κ1) is 20.1. The van der Waals surface area contributed by atoms with Gasteiger partial charge in [-0.05, 0) is 25.7 Å². The van der Waals surface area contributed by atoms with Gasteiger partial charge in [0.2, 0.25) is 0 Å². The summed E-state index contributed by atoms with van der Waals surface area (Å²) in [6.45, 7) is 5.76. The monoisotopic (exact) mass is 294 g/mol. The van der Waals surface area contributed by atoms with Crippen molar-refractivity contribution in [3.8, 4) is 0 Å². The van der Waals surface area contributed by atoms with Crippen LogP contribution >= 0.6 is 0 Å². The molecule has 0 aliphatic rings. The van der Waals surface area contributed by atoms with E-state index in [4.69, 9.17) is 0 Å². The summed E-state index contributed by atoms with van der Waals surface area (Å²) in [5, 5.41) is 19.3. The fraction of sp³-hybridized carbons (Fsp3) is 0.684. The lowest BCUT2D eigenvalue weighted by Crippen LogP contribution is -2.01. The minimum atomic E-state index is -0.332. The zero-order chi connectivity index (χ0) is 15.8. The van der Waals surface area contributed by atoms with Crippen molar-refractivity contribution in [3.63, 3.8) is 0 Å². The summed E-state index contributed by atoms with van der Waals surface area (Å²) >= 11 is 0. The van der Waals surface area contributed by atoms with Crippen LogP contribution in [0.4, 0.5) is 0 Å². The highest BCUT2D eigenvalue weighted by molar-refractivity contribution is 5.00. The average Bonchev–Trinajstić information content (AvgIpc) is 2.48. The maximum absolute atomic E-state index is 9.72. The third-order valence-corrected chi connectivity index (χ3v) is 3.55. The number of rotatable bonds is 14. The van der Waals surface area contributed by atoms with Gasteiger partial charge in [0, 0.05) is 0 Å². The molecule has 0 heterocycles. The first-order chi connectivity index (χ1) is 10.2. The second-order valence-electron chi connectivity index (χ2n) is 5.67. The number of aliphatic hydroxyl groups excluding tert-OH is 2. The van der Waals surface area contributed by atoms with E-state index in [-0.39, 0.29) is 12.2 Å². The van der Waals surface area contributed by atoms with E-state index < -0.39 is 0 Å². The Morgan fingerprint density at radius 1 is 0.857 bits per heavy atom. The first-order valence-corrected chi connectivity index (χ1v) is 8.52. The second-order valence-corrected chi connectivity index (χ2v) is 5.67. The molecule has 0 spiro atoms. The van der Waals surface area contributed by atoms with Crippen molar-refractivity contribution in [1.82, 2.24) is 0 Å². The molecule has 0 bridgehead atoms. The number of unbranched alkanes of at least 4 members (excludes halogenated alkanes) is 6. The van der Waals surface area contributed by atoms with E-state index in [9.17, 15) is 10.2 Å². The lowest BCUT2D eigenvalue weighted by molar-refractivity contribution is 0.207. The highest BCUT2D eigenvalue weighted by Crippen LogP contribution is 2.09. The van der Waals surface area contributed by atoms with Crippen LogP contribution in [0.15, 0.2) is 37.0 Å². The molecule has 122 valence electrons. The molecule has 0 amide bonds. The minimum absolute atomic E-state index is 0.261. The Hall–Kier alpha value is -0.860. The summed E-state index contributed by atoms with van der Waals surface area (Å²) in [5.41, 5.74) is 0. The third-order valence-electron chi connectivity index (χ3n) is 3.55. The van der Waals surface area contributed by atoms with Crippen LogP contribution in [-0.4, -0.2) is 22.4 Å². The van der Waals surface area contributed by atoms with Crippen molar-refractivity contribution in [3.05, 3.63) is 37.0 Å². The molecule has 0 saturated carbocycles. The van der Waals surface area contributed by atoms with Crippen LogP contribution in [0.5, 0.6) is 0 Å². The Labute approximate surface area is 131 Å². The quantitative estimate of drug-likeness (QED) is 0.271. The van der Waals surface area contributed by atoms with Gasteiger partial charge in [0.1, 0.15) is 0 Å². The molecule has 0 aliphatic carbocycles. The lowest BCUT2D eigenvalue weighted by atomic mass is 10.1. The predicted molar refractivity (Wildman–Crippen MR) is 92.3 cm³/mol. The number of hydrogen-bond acceptors (Lipinski definition) is 2. The van der Waals surface area contributed by atoms with Crippen molar-refractivity contribution >= 4 is 0 Å². The summed E-state index contributed by atoms with van der Waals surface area (Å²) in [4.78, 5) is 0. The van der Waals surface area contributed by atoms with E-state index in [0.717, 1.165) is 44.9 Å². The Kier molecular flexibility index (Phi) is 14.9. The molecule has 0 aliphatic heterocycles. The molecule has 2 nitrogen and oxygen atoms in total. The molecule has 2 heteroatoms. The molecule has 2 unspecified atom stereocenters. The van der Waals surface area contributed by atoms with Crippen LogP contribution in [0.3, 0.4) is 0 Å². The highest BCUT2D eigenvalue weighted by Gasteiger charge is 1.99. The van der Waals surface area contributed by atoms with Crippen LogP contribution in [0.2, 0.25) is 0 Å². The Morgan fingerprint density at radius 3 is 2.14 bits per heavy atom. The Balaban J connectivity index is 3.38. The van der Waals surface area contributed by atoms with E-state index in [0.29, 0.717) is 0 Å². The highest BCUT2D eigenvalue weighted by atomic mass is 16.3. The van der Waals surface area contributed by atoms with Crippen LogP contribution in [0.1, 0.15) is 71.1 Å². The molecule has 0 rings (SSSR count). The largest absolute Gasteiger partial charge is 0.389 e. The number of allylic oxidation sites excluding steroid dienone is 3. The van der Waals surface area contributed by atoms with Gasteiger partial charge in [-0.3, -0.25) is 0 Å². The van der Waals surface area contributed by atoms with Gasteiger partial charge in [0.05, 0.1) is 12.2 Å². The number of hydrogen-bond donors (Lipinski definition) is 2. The maximum atomic E-state index is 9.72. The van der Waals surface area contributed by atoms with Gasteiger partial charge < -0.3 is 10.2 Å². The Morgan fingerprint density at radius 2 is 1.48 bits per heavy atom. The first-order valence-electron chi connectivity index (χ1n) is 8.52. The van der Waals surface area contributed by atoms with Crippen LogP contribution in [0, 0.1) is 0 Å². The molecule has 0 aromatic carbocycles. The molecular weight excluding hydrogens is 260 g/mol. The van der Waals surface area contributed by atoms with E-state index in [2.05, 4.69) is 19.6 Å². The zero-order valence-electron chi connectivity index (χ0n) is 13.7. The fourth-order valence-electron chi connectivity index (χ4n) is 2.23. The van der Waals surface area contributed by atoms with E-state index in [1.165, 1.54) is 19.3 Å². The van der Waals surface area contributed by atoms with Crippen LogP contribution in [-0.2, 0) is 0 Å². The van der Waals surface area contributed by atoms with Gasteiger partial charge in [0.25, 0.3) is 0 Å². The van der Waals surface area contributed by atoms with Crippen LogP contribution < -0.4 is 0 Å². The van der Waals surface area contributed by atoms with Gasteiger partial charge in [0.15, 0.2) is 0 Å². The van der Waals surface area contributed by atoms with Gasteiger partial charge in [-0.1, -0.05) is 82.4 Å². The van der Waals surface area contributed by atoms with Gasteiger partial charge in [-0.15, -0.1) is 0 Å². The average molecular weight is 294 g/mol. The second kappa shape index (κ2) is 15.5. The van der Waals surface area contributed by atoms with Crippen molar-refractivity contribution in [1.29, 1.82) is 0 Å². The van der Waals surface area contributed by atoms with Gasteiger partial charge >= 0.3 is 0 Å². The summed E-state index contributed by atoms with van der Waals surface area (Å²) < 4.78 is 0. The van der Waals surface area contributed by atoms with Crippen LogP contribution in [0.25, 0.3) is 0 Å². The van der Waals surface area contributed by atoms with Crippen molar-refractivity contribution in [2.75, 3.05) is 0 Å². The smallest absolute Gasteiger partial charge is 0.0723 e. The molecular formula is C19H34O2. The summed E-state index contributed by atoms with van der Waals surface area (Å²) in [6.07, 6.45) is 19.6. The zero-order valence-corrected chi connectivity index (χ0v) is 13.7. The SMILES string of the molecule is C=C/C=C\C(O)CCCCCCC=CC(O)CCCCC. The molecule has 2 N–H and O–H groups in total. The van der Waals surface area contributed by atoms with E-state index in [1.807, 2.05) is 6.08 Å². The van der Waals surface area contributed by atoms with Gasteiger partial charge in [-0.25, -0.2) is 0 Å². The molecule has 0 aromatic rings. The summed E-state index contributed by atoms with van der Waals surface area (Å²) in [5.74, 6) is 0. The fourth-order valence-corrected chi connectivity index (χ4v) is 2.23. The van der Waals surface area contributed by atoms with E-state index in [1.54, 1.807) is 18.2 Å². The van der Waals surface area contributed by atoms with Crippen molar-refractivity contribution in [2.24, 2.45) is 0 Å². The van der Waals surface area contributed by atoms with Crippen molar-refractivity contribution < 1.29 is 10.2 Å². The summed E-state index contributed by atoms with van der Waals surface area (Å²) in [6, 6.07) is 0. The minimum Gasteiger partial charge on any atom is -0.389 e. The normalized spacial score (nSPS) is 14.8. The molecule has 2 atom stereocenters. The molecule has 0 aromatic heterocycles. The van der Waals surface area contributed by atoms with E-state index >= 15 is 0 Å². The maximum Gasteiger partial charge on any atom is 0.0723 e. The van der Waals surface area contributed by atoms with Crippen molar-refractivity contribution in [2.45, 2.75) is 83.3 Å². The van der Waals surface area contributed by atoms with Gasteiger partial charge in [-0.2, -0.15) is 0 Å². The standard InChI is InChI=1S/C19H34O2/c1-3-5-11-15-19(21)17-13-10-8-7-9-12-16-18(20)14-6-4-2/h4,6,13-14,17-21H,2-3,5,7-12,15-16H2,1H3/b14-6-,17-13?. The molecule has 0 saturated heterocycles. The molecule has 0 radical (unpaired) electrons. The Bertz CT molecular complexity index is 281. The third kappa shape index (κ3) is 15.3. The molecule has 0 fully saturated rings. The predicted octanol–water partition coefficient (Wildman–Crippen LogP) is 4.93. The lowest BCUT2D eigenvalue weighted by Gasteiger charge is -2.05. The topological polar surface area (TPSA) is 40.5 Å². The molecule has 21 heavy (non-hydrogen) atoms. The summed E-state index contributed by atoms with van der Waals surface area (Å²) in [7, 11) is 0.